The molecule has 0 amide bonds. The average molecular weight is 966 g/mol. The molecule has 0 spiro atoms. The van der Waals surface area contributed by atoms with Crippen molar-refractivity contribution in [1.82, 2.24) is 0 Å². The number of benzene rings is 4. The van der Waals surface area contributed by atoms with Crippen molar-refractivity contribution in [3.8, 4) is 34.5 Å². The van der Waals surface area contributed by atoms with E-state index in [1.54, 1.807) is 0 Å². The van der Waals surface area contributed by atoms with Crippen LogP contribution in [0.3, 0.4) is 0 Å². The first-order valence-electron chi connectivity index (χ1n) is 13.2. The van der Waals surface area contributed by atoms with Crippen LogP contribution in [-0.4, -0.2) is 88.6 Å². The third-order valence-corrected chi connectivity index (χ3v) is 7.92. The van der Waals surface area contributed by atoms with Gasteiger partial charge in [0, 0.05) is 41.6 Å². The summed E-state index contributed by atoms with van der Waals surface area (Å²) < 4.78 is 62.9. The maximum Gasteiger partial charge on any atom is 1.00 e. The number of phenolic OH excluding ortho intramolecular Hbond substituents is 4. The first-order chi connectivity index (χ1) is 24.8. The predicted octanol–water partition coefficient (Wildman–Crippen LogP) is -10.8. The summed E-state index contributed by atoms with van der Waals surface area (Å²) in [6.45, 7) is 0. The number of hydrogen-bond donors (Lipinski definition) is 10. The van der Waals surface area contributed by atoms with Crippen LogP contribution in [0.5, 0.6) is 34.5 Å². The Labute approximate surface area is 455 Å². The van der Waals surface area contributed by atoms with Crippen LogP contribution in [0.1, 0.15) is 20.7 Å². The topological polar surface area (TPSA) is 440 Å². The molecule has 4 aromatic carbocycles. The Morgan fingerprint density at radius 1 is 0.483 bits per heavy atom. The van der Waals surface area contributed by atoms with Gasteiger partial charge in [-0.05, 0) is 24.3 Å². The quantitative estimate of drug-likeness (QED) is 0.0232. The van der Waals surface area contributed by atoms with Gasteiger partial charge in [0.25, 0.3) is 20.2 Å². The Bertz CT molecular complexity index is 2400. The second kappa shape index (κ2) is 26.6. The fourth-order valence-electron chi connectivity index (χ4n) is 3.74. The first-order valence-corrected chi connectivity index (χ1v) is 16.1. The molecule has 10 N–H and O–H groups in total. The molecular formula is C26H18CrN6Na5O20S2+5. The molecule has 0 bridgehead atoms. The number of phenols is 6. The van der Waals surface area contributed by atoms with Crippen molar-refractivity contribution in [1.29, 1.82) is 0 Å². The van der Waals surface area contributed by atoms with E-state index in [-0.39, 0.29) is 165 Å². The Morgan fingerprint density at radius 3 is 0.983 bits per heavy atom. The van der Waals surface area contributed by atoms with E-state index in [1.165, 1.54) is 0 Å². The van der Waals surface area contributed by atoms with E-state index in [4.69, 9.17) is 19.3 Å². The molecular weight excluding hydrogens is 947 g/mol. The number of carbonyl (C=O) groups is 2. The largest absolute Gasteiger partial charge is 1.00 e. The van der Waals surface area contributed by atoms with Crippen molar-refractivity contribution in [2.24, 2.45) is 20.5 Å². The molecule has 0 aliphatic carbocycles. The molecule has 34 heteroatoms. The Kier molecular flexibility index (Phi) is 28.6. The molecule has 0 fully saturated rings. The minimum absolute atomic E-state index is 0. The van der Waals surface area contributed by atoms with Gasteiger partial charge < -0.3 is 40.9 Å². The number of aromatic carboxylic acids is 2. The maximum absolute atomic E-state index is 11.2. The molecule has 0 aromatic heterocycles. The van der Waals surface area contributed by atoms with Crippen LogP contribution in [0, 0.1) is 20.2 Å². The number of carboxylic acid groups (broad SMARTS) is 2. The first kappa shape index (κ1) is 64.6. The molecule has 26 nitrogen and oxygen atoms in total. The number of rotatable bonds is 10. The van der Waals surface area contributed by atoms with Gasteiger partial charge in [0.1, 0.15) is 66.7 Å². The van der Waals surface area contributed by atoms with Crippen LogP contribution in [0.2, 0.25) is 0 Å². The zero-order valence-electron chi connectivity index (χ0n) is 31.1. The number of nitro groups is 2. The third-order valence-electron chi connectivity index (χ3n) is 6.25. The van der Waals surface area contributed by atoms with Crippen LogP contribution in [-0.2, 0) is 37.6 Å². The summed E-state index contributed by atoms with van der Waals surface area (Å²) in [5.41, 5.74) is -6.04. The van der Waals surface area contributed by atoms with E-state index >= 15 is 0 Å². The van der Waals surface area contributed by atoms with E-state index in [0.717, 1.165) is 0 Å². The molecule has 0 aliphatic heterocycles. The predicted molar refractivity (Wildman–Crippen MR) is 171 cm³/mol. The van der Waals surface area contributed by atoms with Crippen molar-refractivity contribution in [3.05, 3.63) is 79.9 Å². The molecule has 0 saturated heterocycles. The van der Waals surface area contributed by atoms with Crippen LogP contribution >= 0.6 is 0 Å². The van der Waals surface area contributed by atoms with Crippen molar-refractivity contribution in [2.75, 3.05) is 0 Å². The Morgan fingerprint density at radius 2 is 0.750 bits per heavy atom. The fraction of sp³-hybridized carbons (Fsp3) is 0. The van der Waals surface area contributed by atoms with Crippen LogP contribution in [0.15, 0.2) is 78.8 Å². The van der Waals surface area contributed by atoms with Crippen molar-refractivity contribution in [2.45, 2.75) is 9.79 Å². The molecule has 290 valence electrons. The van der Waals surface area contributed by atoms with E-state index in [2.05, 4.69) is 20.5 Å². The van der Waals surface area contributed by atoms with E-state index in [1.807, 2.05) is 0 Å². The van der Waals surface area contributed by atoms with E-state index in [9.17, 15) is 77.3 Å². The molecule has 0 aliphatic rings. The van der Waals surface area contributed by atoms with Crippen LogP contribution < -0.4 is 148 Å². The second-order valence-electron chi connectivity index (χ2n) is 9.81. The molecule has 60 heavy (non-hydrogen) atoms. The zero-order chi connectivity index (χ0) is 41.0. The third kappa shape index (κ3) is 16.9. The van der Waals surface area contributed by atoms with Gasteiger partial charge in [-0.25, -0.2) is 9.59 Å². The fourth-order valence-corrected chi connectivity index (χ4v) is 4.78. The molecule has 4 aromatic rings. The molecule has 0 radical (unpaired) electrons. The summed E-state index contributed by atoms with van der Waals surface area (Å²) in [5, 5.41) is 111. The summed E-state index contributed by atoms with van der Waals surface area (Å²) in [6.07, 6.45) is 0. The Balaban J connectivity index is -0.000000475. The molecule has 0 unspecified atom stereocenters. The summed E-state index contributed by atoms with van der Waals surface area (Å²) in [4.78, 5) is 39.6. The number of nitrogens with zero attached hydrogens (tertiary/aromatic N) is 6. The SMILES string of the molecule is O=C(O)c1cc(N=Nc2cc(S(=O)(=O)O)cc([N+](=O)[O-])c2O)c(O)cc1O.O=C(O)c1cc(N=Nc2cc(S(=O)(=O)O)cc([N+](=O)[O-])c2O)c(O)cc1O.[Cr].[Na+].[Na+].[Na+].[Na+].[Na+]. The van der Waals surface area contributed by atoms with Crippen molar-refractivity contribution >= 4 is 66.3 Å². The van der Waals surface area contributed by atoms with Crippen LogP contribution in [0.4, 0.5) is 34.1 Å². The van der Waals surface area contributed by atoms with Crippen LogP contribution in [0.25, 0.3) is 0 Å². The monoisotopic (exact) mass is 965 g/mol. The minimum atomic E-state index is -4.89. The van der Waals surface area contributed by atoms with Gasteiger partial charge in [-0.1, -0.05) is 0 Å². The van der Waals surface area contributed by atoms with E-state index in [0.29, 0.717) is 48.5 Å². The van der Waals surface area contributed by atoms with Crippen molar-refractivity contribution in [3.63, 3.8) is 0 Å². The summed E-state index contributed by atoms with van der Waals surface area (Å²) in [7, 11) is -9.78. The van der Waals surface area contributed by atoms with Gasteiger partial charge in [-0.15, -0.1) is 20.5 Å². The smallest absolute Gasteiger partial charge is 0.507 e. The molecule has 4 rings (SSSR count). The Hall–Kier alpha value is -2.03. The molecule has 0 saturated carbocycles. The molecule has 0 heterocycles. The van der Waals surface area contributed by atoms with Gasteiger partial charge in [-0.2, -0.15) is 16.8 Å². The summed E-state index contributed by atoms with van der Waals surface area (Å²) in [5.74, 6) is -8.29. The van der Waals surface area contributed by atoms with Gasteiger partial charge in [-0.3, -0.25) is 29.3 Å². The summed E-state index contributed by atoms with van der Waals surface area (Å²) in [6, 6.07) is 4.65. The standard InChI is InChI=1S/2C13H9N3O10S.Cr.5Na/c2*17-10-4-11(18)7(3-6(10)13(20)21)14-15-8-1-5(27(24,25)26)2-9(12(8)19)16(22)23;;;;;;/h2*1-4,17-19H,(H,20,21)(H,24,25,26);;;;;;/q;;;5*+1. The van der Waals surface area contributed by atoms with E-state index < -0.39 is 132 Å². The molecule has 0 atom stereocenters. The number of azo groups is 2. The number of hydrogen-bond acceptors (Lipinski definition) is 20. The minimum Gasteiger partial charge on any atom is -0.507 e. The normalized spacial score (nSPS) is 10.4. The number of nitro benzene ring substituents is 2. The average Bonchev–Trinajstić information content (AvgIpc) is 3.03. The van der Waals surface area contributed by atoms with Gasteiger partial charge in [0.2, 0.25) is 11.5 Å². The summed E-state index contributed by atoms with van der Waals surface area (Å²) >= 11 is 0. The van der Waals surface area contributed by atoms with Gasteiger partial charge in [0.15, 0.2) is 0 Å². The second-order valence-corrected chi connectivity index (χ2v) is 12.7. The number of carboxylic acids is 2. The zero-order valence-corrected chi connectivity index (χ0v) is 44.0. The number of aromatic hydroxyl groups is 6. The van der Waals surface area contributed by atoms with Crippen molar-refractivity contribution < 1.29 is 251 Å². The van der Waals surface area contributed by atoms with Gasteiger partial charge in [0.05, 0.1) is 9.85 Å². The van der Waals surface area contributed by atoms with Gasteiger partial charge >= 0.3 is 171 Å². The maximum atomic E-state index is 11.2.